The Kier molecular flexibility index (Phi) is 4.02. The second-order valence-corrected chi connectivity index (χ2v) is 4.98. The summed E-state index contributed by atoms with van der Waals surface area (Å²) in [6, 6.07) is 5.60. The molecule has 20 heavy (non-hydrogen) atoms. The maximum absolute atomic E-state index is 12.2. The molecule has 0 aliphatic carbocycles. The molecule has 6 heteroatoms. The Morgan fingerprint density at radius 1 is 1.40 bits per heavy atom. The molecule has 0 fully saturated rings. The number of imidazole rings is 1. The van der Waals surface area contributed by atoms with Gasteiger partial charge in [0.2, 0.25) is 5.91 Å². The molecule has 0 unspecified atom stereocenters. The molecule has 0 atom stereocenters. The van der Waals surface area contributed by atoms with Crippen molar-refractivity contribution in [3.8, 4) is 0 Å². The van der Waals surface area contributed by atoms with Crippen LogP contribution in [0.1, 0.15) is 24.3 Å². The van der Waals surface area contributed by atoms with Gasteiger partial charge >= 0.3 is 0 Å². The lowest BCUT2D eigenvalue weighted by molar-refractivity contribution is -0.122. The first-order valence-corrected chi connectivity index (χ1v) is 6.46. The summed E-state index contributed by atoms with van der Waals surface area (Å²) in [5, 5.41) is 2.75. The number of nitrogens with zero attached hydrogens (tertiary/aromatic N) is 3. The maximum atomic E-state index is 12.2. The molecule has 2 heterocycles. The molecule has 2 amide bonds. The number of likely N-dealkylation sites (N-methyl/N-ethyl adjacent to an activating group) is 1. The van der Waals surface area contributed by atoms with Crippen LogP contribution in [0.3, 0.4) is 0 Å². The number of rotatable bonds is 4. The van der Waals surface area contributed by atoms with Crippen LogP contribution in [0.5, 0.6) is 0 Å². The van der Waals surface area contributed by atoms with Crippen molar-refractivity contribution < 1.29 is 9.59 Å². The molecule has 6 nitrogen and oxygen atoms in total. The lowest BCUT2D eigenvalue weighted by Gasteiger charge is -2.16. The highest BCUT2D eigenvalue weighted by Crippen LogP contribution is 2.06. The van der Waals surface area contributed by atoms with Crippen molar-refractivity contribution in [1.29, 1.82) is 0 Å². The third-order valence-corrected chi connectivity index (χ3v) is 2.76. The first-order chi connectivity index (χ1) is 9.47. The van der Waals surface area contributed by atoms with Gasteiger partial charge in [-0.05, 0) is 26.0 Å². The van der Waals surface area contributed by atoms with Gasteiger partial charge in [-0.1, -0.05) is 6.07 Å². The van der Waals surface area contributed by atoms with Crippen LogP contribution >= 0.6 is 0 Å². The summed E-state index contributed by atoms with van der Waals surface area (Å²) in [5.41, 5.74) is 1.03. The SMILES string of the molecule is CC(C)NC(=O)CN(C)C(=O)c1cn2ccccc2n1. The first-order valence-electron chi connectivity index (χ1n) is 6.46. The predicted octanol–water partition coefficient (Wildman–Crippen LogP) is 0.931. The second-order valence-electron chi connectivity index (χ2n) is 4.98. The van der Waals surface area contributed by atoms with Gasteiger partial charge in [-0.15, -0.1) is 0 Å². The van der Waals surface area contributed by atoms with Crippen LogP contribution < -0.4 is 5.32 Å². The molecule has 0 radical (unpaired) electrons. The Bertz CT molecular complexity index is 600. The fraction of sp³-hybridized carbons (Fsp3) is 0.357. The fourth-order valence-corrected chi connectivity index (χ4v) is 1.89. The zero-order valence-electron chi connectivity index (χ0n) is 11.8. The summed E-state index contributed by atoms with van der Waals surface area (Å²) in [6.45, 7) is 3.77. The lowest BCUT2D eigenvalue weighted by atomic mass is 10.3. The number of amides is 2. The zero-order chi connectivity index (χ0) is 14.7. The molecule has 0 spiro atoms. The number of aromatic nitrogens is 2. The molecule has 0 aromatic carbocycles. The van der Waals surface area contributed by atoms with Gasteiger partial charge in [0.25, 0.3) is 5.91 Å². The molecule has 0 aliphatic heterocycles. The van der Waals surface area contributed by atoms with E-state index in [9.17, 15) is 9.59 Å². The van der Waals surface area contributed by atoms with E-state index in [0.29, 0.717) is 11.3 Å². The molecule has 106 valence electrons. The predicted molar refractivity (Wildman–Crippen MR) is 75.4 cm³/mol. The number of carbonyl (C=O) groups excluding carboxylic acids is 2. The second kappa shape index (κ2) is 5.73. The minimum Gasteiger partial charge on any atom is -0.352 e. The number of hydrogen-bond acceptors (Lipinski definition) is 3. The lowest BCUT2D eigenvalue weighted by Crippen LogP contribution is -2.40. The highest BCUT2D eigenvalue weighted by atomic mass is 16.2. The minimum atomic E-state index is -0.271. The van der Waals surface area contributed by atoms with E-state index in [2.05, 4.69) is 10.3 Å². The van der Waals surface area contributed by atoms with E-state index >= 15 is 0 Å². The van der Waals surface area contributed by atoms with E-state index in [1.165, 1.54) is 4.90 Å². The van der Waals surface area contributed by atoms with Crippen LogP contribution in [-0.4, -0.2) is 45.7 Å². The van der Waals surface area contributed by atoms with Crippen molar-refractivity contribution in [3.05, 3.63) is 36.3 Å². The Labute approximate surface area is 117 Å². The van der Waals surface area contributed by atoms with Gasteiger partial charge in [0.05, 0.1) is 6.54 Å². The molecule has 0 aliphatic rings. The molecule has 2 rings (SSSR count). The van der Waals surface area contributed by atoms with Crippen molar-refractivity contribution in [1.82, 2.24) is 19.6 Å². The van der Waals surface area contributed by atoms with Crippen LogP contribution in [0.25, 0.3) is 5.65 Å². The highest BCUT2D eigenvalue weighted by Gasteiger charge is 2.18. The summed E-state index contributed by atoms with van der Waals surface area (Å²) in [7, 11) is 1.59. The van der Waals surface area contributed by atoms with Crippen molar-refractivity contribution in [2.45, 2.75) is 19.9 Å². The van der Waals surface area contributed by atoms with E-state index in [1.54, 1.807) is 17.6 Å². The number of carbonyl (C=O) groups is 2. The van der Waals surface area contributed by atoms with Crippen LogP contribution in [0, 0.1) is 0 Å². The van der Waals surface area contributed by atoms with Crippen LogP contribution in [-0.2, 0) is 4.79 Å². The Hall–Kier alpha value is -2.37. The maximum Gasteiger partial charge on any atom is 0.274 e. The standard InChI is InChI=1S/C14H18N4O2/c1-10(2)15-13(19)9-17(3)14(20)11-8-18-7-5-4-6-12(18)16-11/h4-8,10H,9H2,1-3H3,(H,15,19). The van der Waals surface area contributed by atoms with E-state index in [0.717, 1.165) is 0 Å². The van der Waals surface area contributed by atoms with Crippen LogP contribution in [0.15, 0.2) is 30.6 Å². The van der Waals surface area contributed by atoms with Gasteiger partial charge in [0.15, 0.2) is 0 Å². The monoisotopic (exact) mass is 274 g/mol. The third kappa shape index (κ3) is 3.14. The van der Waals surface area contributed by atoms with Gasteiger partial charge in [0, 0.05) is 25.5 Å². The molecule has 2 aromatic heterocycles. The molecule has 2 aromatic rings. The summed E-state index contributed by atoms with van der Waals surface area (Å²) >= 11 is 0. The Morgan fingerprint density at radius 3 is 2.80 bits per heavy atom. The van der Waals surface area contributed by atoms with Gasteiger partial charge < -0.3 is 14.6 Å². The molecular formula is C14H18N4O2. The summed E-state index contributed by atoms with van der Waals surface area (Å²) in [6.07, 6.45) is 3.49. The van der Waals surface area contributed by atoms with Crippen molar-refractivity contribution in [2.24, 2.45) is 0 Å². The van der Waals surface area contributed by atoms with E-state index < -0.39 is 0 Å². The quantitative estimate of drug-likeness (QED) is 0.902. The molecular weight excluding hydrogens is 256 g/mol. The summed E-state index contributed by atoms with van der Waals surface area (Å²) in [5.74, 6) is -0.452. The average molecular weight is 274 g/mol. The van der Waals surface area contributed by atoms with Gasteiger partial charge in [0.1, 0.15) is 11.3 Å². The van der Waals surface area contributed by atoms with E-state index in [-0.39, 0.29) is 24.4 Å². The van der Waals surface area contributed by atoms with Crippen molar-refractivity contribution >= 4 is 17.5 Å². The van der Waals surface area contributed by atoms with Gasteiger partial charge in [-0.2, -0.15) is 0 Å². The average Bonchev–Trinajstić information content (AvgIpc) is 2.80. The summed E-state index contributed by atoms with van der Waals surface area (Å²) < 4.78 is 1.77. The van der Waals surface area contributed by atoms with Crippen molar-refractivity contribution in [3.63, 3.8) is 0 Å². The third-order valence-electron chi connectivity index (χ3n) is 2.76. The molecule has 1 N–H and O–H groups in total. The number of pyridine rings is 1. The van der Waals surface area contributed by atoms with E-state index in [1.807, 2.05) is 38.2 Å². The topological polar surface area (TPSA) is 66.7 Å². The van der Waals surface area contributed by atoms with Crippen LogP contribution in [0.4, 0.5) is 0 Å². The number of fused-ring (bicyclic) bond motifs is 1. The molecule has 0 saturated heterocycles. The number of nitrogens with one attached hydrogen (secondary N) is 1. The van der Waals surface area contributed by atoms with Crippen LogP contribution in [0.2, 0.25) is 0 Å². The van der Waals surface area contributed by atoms with Crippen molar-refractivity contribution in [2.75, 3.05) is 13.6 Å². The fourth-order valence-electron chi connectivity index (χ4n) is 1.89. The minimum absolute atomic E-state index is 0.0187. The normalized spacial score (nSPS) is 10.8. The molecule has 0 saturated carbocycles. The zero-order valence-corrected chi connectivity index (χ0v) is 11.8. The number of hydrogen-bond donors (Lipinski definition) is 1. The van der Waals surface area contributed by atoms with Gasteiger partial charge in [-0.3, -0.25) is 9.59 Å². The van der Waals surface area contributed by atoms with E-state index in [4.69, 9.17) is 0 Å². The molecule has 0 bridgehead atoms. The first kappa shape index (κ1) is 14.0. The summed E-state index contributed by atoms with van der Waals surface area (Å²) in [4.78, 5) is 29.4. The smallest absolute Gasteiger partial charge is 0.274 e. The Morgan fingerprint density at radius 2 is 2.15 bits per heavy atom. The van der Waals surface area contributed by atoms with Gasteiger partial charge in [-0.25, -0.2) is 4.98 Å². The highest BCUT2D eigenvalue weighted by molar-refractivity contribution is 5.95. The Balaban J connectivity index is 2.08. The largest absolute Gasteiger partial charge is 0.352 e.